The molecule has 0 amide bonds. The van der Waals surface area contributed by atoms with E-state index in [1.807, 2.05) is 36.4 Å². The van der Waals surface area contributed by atoms with E-state index in [1.54, 1.807) is 0 Å². The maximum absolute atomic E-state index is 10.2. The van der Waals surface area contributed by atoms with Gasteiger partial charge in [-0.15, -0.1) is 0 Å². The lowest BCUT2D eigenvalue weighted by Crippen LogP contribution is -2.31. The van der Waals surface area contributed by atoms with Crippen LogP contribution in [0.5, 0.6) is 0 Å². The quantitative estimate of drug-likeness (QED) is 0.0904. The second-order valence-corrected chi connectivity index (χ2v) is 27.7. The first-order valence-corrected chi connectivity index (χ1v) is 36.2. The fourth-order valence-electron chi connectivity index (χ4n) is 16.2. The molecule has 0 aliphatic rings. The zero-order valence-electron chi connectivity index (χ0n) is 56.8. The van der Waals surface area contributed by atoms with E-state index in [-0.39, 0.29) is 7.43 Å². The van der Waals surface area contributed by atoms with Gasteiger partial charge in [0.1, 0.15) is 0 Å². The van der Waals surface area contributed by atoms with Gasteiger partial charge in [-0.05, 0) is 209 Å². The molecule has 0 saturated heterocycles. The summed E-state index contributed by atoms with van der Waals surface area (Å²) in [5.74, 6) is 0. The van der Waals surface area contributed by atoms with Crippen LogP contribution in [0.2, 0.25) is 0 Å². The fraction of sp³-hybridized carbons (Fsp3) is 0.00990. The molecule has 2 nitrogen and oxygen atoms in total. The second kappa shape index (κ2) is 28.4. The Bertz CT molecular complexity index is 6590. The number of fused-ring (bicyclic) bond motifs is 12. The molecule has 2 N–H and O–H groups in total. The summed E-state index contributed by atoms with van der Waals surface area (Å²) >= 11 is 3.56. The Balaban J connectivity index is 0.000000127. The average molecular weight is 1410 g/mol. The van der Waals surface area contributed by atoms with Crippen LogP contribution in [0.1, 0.15) is 7.43 Å². The number of benzene rings is 20. The first kappa shape index (κ1) is 65.8. The SMILES string of the molecule is Brc1cccc(-c2cccc3c2ccc2ccccc23)c1.C.OB(O)c1c2ccccc2c(-c2ccc(-c3cccc4ccccc34)cc2)c2ccccc12.c1cc(-c2c3ccccc3c(-c3ccc(-c4cccc5ccccc45)cc3)c3ccccc23)cc(-c2cccc3c2ccc2ccccc23)c1. The first-order chi connectivity index (χ1) is 51.4. The van der Waals surface area contributed by atoms with Crippen molar-refractivity contribution in [1.29, 1.82) is 0 Å². The molecule has 4 heteroatoms. The van der Waals surface area contributed by atoms with Gasteiger partial charge in [0.2, 0.25) is 0 Å². The molecule has 0 aliphatic heterocycles. The summed E-state index contributed by atoms with van der Waals surface area (Å²) in [4.78, 5) is 0. The van der Waals surface area contributed by atoms with Gasteiger partial charge < -0.3 is 10.0 Å². The summed E-state index contributed by atoms with van der Waals surface area (Å²) in [5, 5.41) is 44.5. The largest absolute Gasteiger partial charge is 0.489 e. The van der Waals surface area contributed by atoms with E-state index in [2.05, 4.69) is 368 Å². The van der Waals surface area contributed by atoms with Crippen LogP contribution in [0.4, 0.5) is 0 Å². The lowest BCUT2D eigenvalue weighted by Gasteiger charge is -2.18. The van der Waals surface area contributed by atoms with Crippen molar-refractivity contribution < 1.29 is 10.0 Å². The van der Waals surface area contributed by atoms with E-state index >= 15 is 0 Å². The van der Waals surface area contributed by atoms with E-state index in [4.69, 9.17) is 0 Å². The number of hydrogen-bond donors (Lipinski definition) is 2. The fourth-order valence-corrected chi connectivity index (χ4v) is 16.6. The van der Waals surface area contributed by atoms with E-state index in [0.717, 1.165) is 37.1 Å². The van der Waals surface area contributed by atoms with Gasteiger partial charge in [-0.1, -0.05) is 393 Å². The summed E-state index contributed by atoms with van der Waals surface area (Å²) in [7, 11) is -1.54. The summed E-state index contributed by atoms with van der Waals surface area (Å²) in [5.41, 5.74) is 17.7. The molecule has 20 rings (SSSR count). The molecule has 0 saturated carbocycles. The van der Waals surface area contributed by atoms with Gasteiger partial charge in [0.25, 0.3) is 0 Å². The van der Waals surface area contributed by atoms with E-state index in [1.165, 1.54) is 153 Å². The highest BCUT2D eigenvalue weighted by molar-refractivity contribution is 9.10. The predicted molar refractivity (Wildman–Crippen MR) is 457 cm³/mol. The third kappa shape index (κ3) is 12.2. The molecule has 496 valence electrons. The molecular weight excluding hydrogens is 1340 g/mol. The van der Waals surface area contributed by atoms with Crippen molar-refractivity contribution in [1.82, 2.24) is 0 Å². The summed E-state index contributed by atoms with van der Waals surface area (Å²) in [6.07, 6.45) is 0. The van der Waals surface area contributed by atoms with Crippen molar-refractivity contribution in [3.05, 3.63) is 393 Å². The zero-order valence-corrected chi connectivity index (χ0v) is 58.4. The highest BCUT2D eigenvalue weighted by Crippen LogP contribution is 2.46. The zero-order chi connectivity index (χ0) is 69.6. The average Bonchev–Trinajstić information content (AvgIpc) is 0.743. The molecule has 0 unspecified atom stereocenters. The molecule has 20 aromatic rings. The van der Waals surface area contributed by atoms with Gasteiger partial charge >= 0.3 is 7.12 Å². The van der Waals surface area contributed by atoms with Crippen LogP contribution >= 0.6 is 15.9 Å². The van der Waals surface area contributed by atoms with Crippen molar-refractivity contribution in [3.8, 4) is 77.9 Å². The van der Waals surface area contributed by atoms with Gasteiger partial charge in [-0.3, -0.25) is 0 Å². The van der Waals surface area contributed by atoms with E-state index in [0.29, 0.717) is 5.46 Å². The molecular formula is C101H70BBrO2. The molecule has 0 aromatic heterocycles. The Morgan fingerprint density at radius 2 is 0.448 bits per heavy atom. The molecule has 0 aliphatic carbocycles. The summed E-state index contributed by atoms with van der Waals surface area (Å²) < 4.78 is 1.11. The van der Waals surface area contributed by atoms with Crippen LogP contribution in [0.15, 0.2) is 393 Å². The van der Waals surface area contributed by atoms with Crippen LogP contribution < -0.4 is 5.46 Å². The van der Waals surface area contributed by atoms with E-state index < -0.39 is 7.12 Å². The van der Waals surface area contributed by atoms with Crippen molar-refractivity contribution in [2.45, 2.75) is 7.43 Å². The van der Waals surface area contributed by atoms with Crippen LogP contribution in [0.3, 0.4) is 0 Å². The van der Waals surface area contributed by atoms with Gasteiger partial charge in [-0.25, -0.2) is 0 Å². The van der Waals surface area contributed by atoms with Crippen molar-refractivity contribution >= 4 is 136 Å². The van der Waals surface area contributed by atoms with Gasteiger partial charge in [0.15, 0.2) is 0 Å². The van der Waals surface area contributed by atoms with Gasteiger partial charge in [-0.2, -0.15) is 0 Å². The summed E-state index contributed by atoms with van der Waals surface area (Å²) in [6, 6.07) is 139. The monoisotopic (exact) mass is 1400 g/mol. The van der Waals surface area contributed by atoms with Crippen LogP contribution in [-0.2, 0) is 0 Å². The molecule has 0 bridgehead atoms. The Hall–Kier alpha value is -12.5. The smallest absolute Gasteiger partial charge is 0.423 e. The van der Waals surface area contributed by atoms with Crippen molar-refractivity contribution in [3.63, 3.8) is 0 Å². The van der Waals surface area contributed by atoms with Crippen molar-refractivity contribution in [2.75, 3.05) is 0 Å². The lowest BCUT2D eigenvalue weighted by atomic mass is 9.72. The standard InChI is InChI=1S/C50H32.C30H21BO2.C20H13Br.CH4/c1-3-17-39-33(12-1)14-10-23-40(39)35-26-28-36(29-27-35)49-45-19-5-7-21-47(45)50(48-22-8-6-20-46(48)49)38-16-9-15-37(32-38)42-24-11-25-43-41-18-4-2-13-34(41)30-31-44(42)43;32-31(33)30-27-13-5-3-11-25(27)29(26-12-4-6-14-28(26)30)22-18-16-21(17-19-22)24-15-7-9-20-8-1-2-10-23(20)24;21-16-7-3-6-15(13-16)18-9-4-10-19-17-8-2-1-5-14(17)11-12-20(18)19;/h1-32H;1-19,32-33H;1-13H;1H4. The minimum atomic E-state index is -1.54. The van der Waals surface area contributed by atoms with Crippen LogP contribution in [0.25, 0.3) is 186 Å². The highest BCUT2D eigenvalue weighted by Gasteiger charge is 2.23. The molecule has 0 heterocycles. The lowest BCUT2D eigenvalue weighted by molar-refractivity contribution is 0.426. The number of rotatable bonds is 8. The molecule has 20 aromatic carbocycles. The Morgan fingerprint density at radius 3 is 0.848 bits per heavy atom. The molecule has 0 fully saturated rings. The predicted octanol–water partition coefficient (Wildman–Crippen LogP) is 27.3. The van der Waals surface area contributed by atoms with Crippen LogP contribution in [0, 0.1) is 0 Å². The maximum atomic E-state index is 10.2. The normalized spacial score (nSPS) is 11.3. The number of hydrogen-bond acceptors (Lipinski definition) is 2. The Morgan fingerprint density at radius 1 is 0.181 bits per heavy atom. The minimum absolute atomic E-state index is 0. The third-order valence-corrected chi connectivity index (χ3v) is 21.4. The molecule has 0 atom stereocenters. The molecule has 0 spiro atoms. The molecule has 105 heavy (non-hydrogen) atoms. The van der Waals surface area contributed by atoms with Gasteiger partial charge in [0, 0.05) is 4.47 Å². The van der Waals surface area contributed by atoms with Crippen molar-refractivity contribution in [2.24, 2.45) is 0 Å². The Labute approximate surface area is 619 Å². The van der Waals surface area contributed by atoms with Gasteiger partial charge in [0.05, 0.1) is 0 Å². The summed E-state index contributed by atoms with van der Waals surface area (Å²) in [6.45, 7) is 0. The second-order valence-electron chi connectivity index (χ2n) is 26.8. The maximum Gasteiger partial charge on any atom is 0.489 e. The number of halogens is 1. The Kier molecular flexibility index (Phi) is 17.8. The topological polar surface area (TPSA) is 40.5 Å². The van der Waals surface area contributed by atoms with E-state index in [9.17, 15) is 10.0 Å². The third-order valence-electron chi connectivity index (χ3n) is 20.9. The molecule has 0 radical (unpaired) electrons. The minimum Gasteiger partial charge on any atom is -0.423 e. The highest BCUT2D eigenvalue weighted by atomic mass is 79.9. The first-order valence-electron chi connectivity index (χ1n) is 35.4. The van der Waals surface area contributed by atoms with Crippen LogP contribution in [-0.4, -0.2) is 17.2 Å².